The average molecular weight is 427 g/mol. The lowest BCUT2D eigenvalue weighted by atomic mass is 9.84. The van der Waals surface area contributed by atoms with Crippen LogP contribution in [0.4, 0.5) is 5.82 Å². The molecule has 3 fully saturated rings. The molecule has 168 valence electrons. The predicted octanol–water partition coefficient (Wildman–Crippen LogP) is 2.18. The number of likely N-dealkylation sites (tertiary alicyclic amines) is 1. The fourth-order valence-corrected chi connectivity index (χ4v) is 5.60. The summed E-state index contributed by atoms with van der Waals surface area (Å²) in [5.74, 6) is 0.816. The second-order valence-electron chi connectivity index (χ2n) is 9.62. The van der Waals surface area contributed by atoms with Crippen molar-refractivity contribution in [1.82, 2.24) is 19.5 Å². The van der Waals surface area contributed by atoms with Crippen LogP contribution in [0.25, 0.3) is 5.65 Å². The highest BCUT2D eigenvalue weighted by molar-refractivity contribution is 5.80. The SMILES string of the molecule is Cc1cn2nc([C@@H]3CCCCN3C(=O)C3CCCCC3O)cc2nc1N1CC[C@H](N)C1. The smallest absolute Gasteiger partial charge is 0.228 e. The van der Waals surface area contributed by atoms with Crippen molar-refractivity contribution in [3.63, 3.8) is 0 Å². The van der Waals surface area contributed by atoms with Gasteiger partial charge in [-0.15, -0.1) is 0 Å². The van der Waals surface area contributed by atoms with Crippen molar-refractivity contribution < 1.29 is 9.90 Å². The summed E-state index contributed by atoms with van der Waals surface area (Å²) in [5.41, 5.74) is 8.90. The topological polar surface area (TPSA) is 100.0 Å². The Morgan fingerprint density at radius 3 is 2.71 bits per heavy atom. The van der Waals surface area contributed by atoms with Crippen LogP contribution in [0.2, 0.25) is 0 Å². The Hall–Kier alpha value is -2.19. The van der Waals surface area contributed by atoms with Gasteiger partial charge in [0.1, 0.15) is 5.82 Å². The molecule has 0 bridgehead atoms. The summed E-state index contributed by atoms with van der Waals surface area (Å²) in [5, 5.41) is 15.3. The van der Waals surface area contributed by atoms with Gasteiger partial charge in [0.2, 0.25) is 5.91 Å². The number of aryl methyl sites for hydroxylation is 1. The molecule has 1 saturated carbocycles. The number of piperidine rings is 1. The van der Waals surface area contributed by atoms with Crippen LogP contribution in [0, 0.1) is 12.8 Å². The normalized spacial score (nSPS) is 29.6. The van der Waals surface area contributed by atoms with E-state index in [1.54, 1.807) is 0 Å². The van der Waals surface area contributed by atoms with E-state index < -0.39 is 6.10 Å². The van der Waals surface area contributed by atoms with Crippen LogP contribution < -0.4 is 10.6 Å². The van der Waals surface area contributed by atoms with Gasteiger partial charge in [-0.1, -0.05) is 12.8 Å². The average Bonchev–Trinajstić information content (AvgIpc) is 3.38. The van der Waals surface area contributed by atoms with Gasteiger partial charge in [0, 0.05) is 43.5 Å². The Morgan fingerprint density at radius 2 is 1.94 bits per heavy atom. The fraction of sp³-hybridized carbons (Fsp3) is 0.696. The summed E-state index contributed by atoms with van der Waals surface area (Å²) in [7, 11) is 0. The summed E-state index contributed by atoms with van der Waals surface area (Å²) in [6.07, 6.45) is 9.06. The van der Waals surface area contributed by atoms with Crippen molar-refractivity contribution in [2.45, 2.75) is 76.5 Å². The van der Waals surface area contributed by atoms with Gasteiger partial charge in [-0.2, -0.15) is 5.10 Å². The van der Waals surface area contributed by atoms with E-state index in [1.165, 1.54) is 0 Å². The number of carbonyl (C=O) groups is 1. The van der Waals surface area contributed by atoms with Crippen molar-refractivity contribution in [2.75, 3.05) is 24.5 Å². The summed E-state index contributed by atoms with van der Waals surface area (Å²) < 4.78 is 1.84. The van der Waals surface area contributed by atoms with Crippen molar-refractivity contribution in [3.05, 3.63) is 23.5 Å². The van der Waals surface area contributed by atoms with Crippen LogP contribution in [0.15, 0.2) is 12.3 Å². The molecule has 2 unspecified atom stereocenters. The zero-order chi connectivity index (χ0) is 21.5. The Balaban J connectivity index is 1.43. The number of carbonyl (C=O) groups excluding carboxylic acids is 1. The molecular formula is C23H34N6O2. The Bertz CT molecular complexity index is 959. The van der Waals surface area contributed by atoms with Crippen molar-refractivity contribution in [1.29, 1.82) is 0 Å². The number of nitrogens with zero attached hydrogens (tertiary/aromatic N) is 5. The highest BCUT2D eigenvalue weighted by Crippen LogP contribution is 2.35. The maximum absolute atomic E-state index is 13.4. The summed E-state index contributed by atoms with van der Waals surface area (Å²) in [6.45, 7) is 4.57. The number of aliphatic hydroxyl groups excluding tert-OH is 1. The zero-order valence-corrected chi connectivity index (χ0v) is 18.4. The molecule has 1 aliphatic carbocycles. The summed E-state index contributed by atoms with van der Waals surface area (Å²) in [6, 6.07) is 2.20. The van der Waals surface area contributed by atoms with E-state index >= 15 is 0 Å². The number of nitrogens with two attached hydrogens (primary N) is 1. The van der Waals surface area contributed by atoms with E-state index in [9.17, 15) is 9.90 Å². The van der Waals surface area contributed by atoms with Crippen LogP contribution in [0.1, 0.15) is 68.7 Å². The van der Waals surface area contributed by atoms with E-state index in [4.69, 9.17) is 15.8 Å². The third-order valence-electron chi connectivity index (χ3n) is 7.32. The van der Waals surface area contributed by atoms with Crippen LogP contribution in [-0.4, -0.2) is 62.3 Å². The van der Waals surface area contributed by atoms with Crippen LogP contribution in [-0.2, 0) is 4.79 Å². The third kappa shape index (κ3) is 3.91. The highest BCUT2D eigenvalue weighted by Gasteiger charge is 2.37. The molecule has 8 nitrogen and oxygen atoms in total. The molecule has 2 aromatic heterocycles. The molecule has 31 heavy (non-hydrogen) atoms. The monoisotopic (exact) mass is 426 g/mol. The number of amides is 1. The molecule has 2 aliphatic heterocycles. The van der Waals surface area contributed by atoms with Crippen molar-refractivity contribution >= 4 is 17.4 Å². The van der Waals surface area contributed by atoms with Crippen molar-refractivity contribution in [2.24, 2.45) is 11.7 Å². The first-order chi connectivity index (χ1) is 15.0. The van der Waals surface area contributed by atoms with Gasteiger partial charge in [0.05, 0.1) is 23.8 Å². The van der Waals surface area contributed by atoms with Gasteiger partial charge in [-0.05, 0) is 45.4 Å². The van der Waals surface area contributed by atoms with E-state index in [-0.39, 0.29) is 23.9 Å². The molecule has 1 amide bonds. The maximum Gasteiger partial charge on any atom is 0.228 e. The molecular weight excluding hydrogens is 392 g/mol. The number of aliphatic hydroxyl groups is 1. The molecule has 0 spiro atoms. The highest BCUT2D eigenvalue weighted by atomic mass is 16.3. The molecule has 3 N–H and O–H groups in total. The molecule has 0 radical (unpaired) electrons. The number of anilines is 1. The largest absolute Gasteiger partial charge is 0.392 e. The second-order valence-corrected chi connectivity index (χ2v) is 9.62. The van der Waals surface area contributed by atoms with Gasteiger partial charge in [0.25, 0.3) is 0 Å². The number of fused-ring (bicyclic) bond motifs is 1. The van der Waals surface area contributed by atoms with Crippen LogP contribution in [0.5, 0.6) is 0 Å². The standard InChI is InChI=1S/C23H34N6O2/c1-15-13-29-21(25-22(15)27-11-9-16(24)14-27)12-18(26-29)19-7-4-5-10-28(19)23(31)17-6-2-3-8-20(17)30/h12-13,16-17,19-20,30H,2-11,14,24H2,1H3/t16-,17?,19-,20?/m0/s1. The first kappa shape index (κ1) is 20.7. The molecule has 3 aliphatic rings. The third-order valence-corrected chi connectivity index (χ3v) is 7.32. The molecule has 0 aromatic carbocycles. The maximum atomic E-state index is 13.4. The number of hydrogen-bond donors (Lipinski definition) is 2. The van der Waals surface area contributed by atoms with Crippen LogP contribution in [0.3, 0.4) is 0 Å². The van der Waals surface area contributed by atoms with E-state index in [2.05, 4.69) is 11.8 Å². The first-order valence-corrected chi connectivity index (χ1v) is 11.9. The molecule has 4 heterocycles. The van der Waals surface area contributed by atoms with Gasteiger partial charge in [0.15, 0.2) is 5.65 Å². The lowest BCUT2D eigenvalue weighted by Crippen LogP contribution is -2.46. The van der Waals surface area contributed by atoms with Gasteiger partial charge < -0.3 is 20.6 Å². The minimum Gasteiger partial charge on any atom is -0.392 e. The Kier molecular flexibility index (Phi) is 5.60. The molecule has 2 saturated heterocycles. The lowest BCUT2D eigenvalue weighted by molar-refractivity contribution is -0.145. The van der Waals surface area contributed by atoms with Gasteiger partial charge in [-0.25, -0.2) is 9.50 Å². The summed E-state index contributed by atoms with van der Waals surface area (Å²) in [4.78, 5) is 22.5. The number of hydrogen-bond acceptors (Lipinski definition) is 6. The van der Waals surface area contributed by atoms with Gasteiger partial charge in [-0.3, -0.25) is 4.79 Å². The van der Waals surface area contributed by atoms with Crippen molar-refractivity contribution in [3.8, 4) is 0 Å². The van der Waals surface area contributed by atoms with Crippen LogP contribution >= 0.6 is 0 Å². The van der Waals surface area contributed by atoms with E-state index in [1.807, 2.05) is 21.7 Å². The molecule has 4 atom stereocenters. The molecule has 8 heteroatoms. The van der Waals surface area contributed by atoms with E-state index in [0.717, 1.165) is 93.7 Å². The zero-order valence-electron chi connectivity index (χ0n) is 18.4. The van der Waals surface area contributed by atoms with Gasteiger partial charge >= 0.3 is 0 Å². The summed E-state index contributed by atoms with van der Waals surface area (Å²) >= 11 is 0. The predicted molar refractivity (Wildman–Crippen MR) is 119 cm³/mol. The second kappa shape index (κ2) is 8.39. The number of aromatic nitrogens is 3. The first-order valence-electron chi connectivity index (χ1n) is 11.9. The lowest BCUT2D eigenvalue weighted by Gasteiger charge is -2.39. The Morgan fingerprint density at radius 1 is 1.13 bits per heavy atom. The minimum atomic E-state index is -0.511. The molecule has 5 rings (SSSR count). The minimum absolute atomic E-state index is 0.0407. The fourth-order valence-electron chi connectivity index (χ4n) is 5.60. The molecule has 2 aromatic rings. The quantitative estimate of drug-likeness (QED) is 0.780. The number of rotatable bonds is 3. The Labute approximate surface area is 183 Å². The van der Waals surface area contributed by atoms with E-state index in [0.29, 0.717) is 0 Å².